The van der Waals surface area contributed by atoms with E-state index in [4.69, 9.17) is 0 Å². The molecule has 0 aliphatic heterocycles. The number of nitrogens with one attached hydrogen (secondary N) is 1. The predicted octanol–water partition coefficient (Wildman–Crippen LogP) is 5.55. The molecule has 162 valence electrons. The van der Waals surface area contributed by atoms with Crippen LogP contribution in [0.25, 0.3) is 15.9 Å². The smallest absolute Gasteiger partial charge is 0.295 e. The van der Waals surface area contributed by atoms with Gasteiger partial charge in [0.2, 0.25) is 0 Å². The number of anilines is 1. The van der Waals surface area contributed by atoms with E-state index >= 15 is 0 Å². The lowest BCUT2D eigenvalue weighted by Gasteiger charge is -2.14. The van der Waals surface area contributed by atoms with Gasteiger partial charge in [-0.2, -0.15) is 9.78 Å². The van der Waals surface area contributed by atoms with Crippen molar-refractivity contribution >= 4 is 44.9 Å². The highest BCUT2D eigenvalue weighted by atomic mass is 32.2. The normalized spacial score (nSPS) is 10.9. The molecule has 5 aromatic rings. The first-order valence-corrected chi connectivity index (χ1v) is 11.8. The molecule has 0 aliphatic carbocycles. The van der Waals surface area contributed by atoms with E-state index in [0.29, 0.717) is 21.8 Å². The molecule has 3 aromatic carbocycles. The number of hydrogen-bond donors (Lipinski definition) is 1. The lowest BCUT2D eigenvalue weighted by Crippen LogP contribution is -2.28. The quantitative estimate of drug-likeness (QED) is 0.364. The molecule has 0 fully saturated rings. The second-order valence-electron chi connectivity index (χ2n) is 7.23. The van der Waals surface area contributed by atoms with Crippen molar-refractivity contribution < 1.29 is 4.79 Å². The molecule has 0 spiro atoms. The third-order valence-electron chi connectivity index (χ3n) is 5.03. The minimum atomic E-state index is -0.392. The first-order valence-electron chi connectivity index (χ1n) is 10.2. The SMILES string of the molecule is Cc1c(Sc2nc3ccccc3s2)nn(-c2ccccc2)c(=O)c1NC(=O)c1ccccc1. The number of fused-ring (bicyclic) bond motifs is 1. The van der Waals surface area contributed by atoms with Crippen LogP contribution < -0.4 is 10.9 Å². The van der Waals surface area contributed by atoms with Gasteiger partial charge in [-0.1, -0.05) is 48.5 Å². The molecule has 6 nitrogen and oxygen atoms in total. The second kappa shape index (κ2) is 9.01. The average Bonchev–Trinajstić information content (AvgIpc) is 3.27. The summed E-state index contributed by atoms with van der Waals surface area (Å²) in [6, 6.07) is 25.9. The zero-order valence-electron chi connectivity index (χ0n) is 17.6. The molecule has 0 radical (unpaired) electrons. The number of para-hydroxylation sites is 2. The van der Waals surface area contributed by atoms with Gasteiger partial charge >= 0.3 is 0 Å². The standard InChI is InChI=1S/C25H18N4O2S2/c1-16-21(27-22(30)17-10-4-2-5-11-17)24(31)29(18-12-6-3-7-13-18)28-23(16)33-25-26-19-14-8-9-15-20(19)32-25/h2-15H,1H3,(H,27,30). The fourth-order valence-electron chi connectivity index (χ4n) is 3.33. The highest BCUT2D eigenvalue weighted by Gasteiger charge is 2.20. The van der Waals surface area contributed by atoms with Gasteiger partial charge in [-0.15, -0.1) is 11.3 Å². The average molecular weight is 471 g/mol. The Morgan fingerprint density at radius 2 is 1.61 bits per heavy atom. The molecule has 0 saturated carbocycles. The monoisotopic (exact) mass is 470 g/mol. The Hall–Kier alpha value is -3.75. The third kappa shape index (κ3) is 4.30. The van der Waals surface area contributed by atoms with Gasteiger partial charge < -0.3 is 5.32 Å². The van der Waals surface area contributed by atoms with Gasteiger partial charge in [-0.3, -0.25) is 9.59 Å². The number of amides is 1. The number of nitrogens with zero attached hydrogens (tertiary/aromatic N) is 3. The van der Waals surface area contributed by atoms with Gasteiger partial charge in [0.25, 0.3) is 11.5 Å². The van der Waals surface area contributed by atoms with Crippen LogP contribution in [-0.2, 0) is 0 Å². The summed E-state index contributed by atoms with van der Waals surface area (Å²) in [5.74, 6) is -0.349. The van der Waals surface area contributed by atoms with Crippen molar-refractivity contribution in [1.82, 2.24) is 14.8 Å². The Morgan fingerprint density at radius 3 is 2.33 bits per heavy atom. The second-order valence-corrected chi connectivity index (χ2v) is 9.49. The van der Waals surface area contributed by atoms with Gasteiger partial charge in [0, 0.05) is 11.1 Å². The van der Waals surface area contributed by atoms with Gasteiger partial charge in [0.15, 0.2) is 4.34 Å². The molecular weight excluding hydrogens is 452 g/mol. The number of rotatable bonds is 5. The Morgan fingerprint density at radius 1 is 0.939 bits per heavy atom. The lowest BCUT2D eigenvalue weighted by molar-refractivity contribution is 0.102. The van der Waals surface area contributed by atoms with E-state index in [2.05, 4.69) is 15.4 Å². The minimum Gasteiger partial charge on any atom is -0.317 e. The first-order chi connectivity index (χ1) is 16.1. The molecule has 33 heavy (non-hydrogen) atoms. The molecule has 5 rings (SSSR count). The molecule has 8 heteroatoms. The van der Waals surface area contributed by atoms with E-state index in [1.54, 1.807) is 54.7 Å². The third-order valence-corrected chi connectivity index (χ3v) is 7.20. The Bertz CT molecular complexity index is 1480. The summed E-state index contributed by atoms with van der Waals surface area (Å²) in [5.41, 5.74) is 2.41. The summed E-state index contributed by atoms with van der Waals surface area (Å²) in [7, 11) is 0. The highest BCUT2D eigenvalue weighted by molar-refractivity contribution is 8.01. The van der Waals surface area contributed by atoms with Gasteiger partial charge in [0.1, 0.15) is 10.7 Å². The number of thiazole rings is 1. The van der Waals surface area contributed by atoms with E-state index < -0.39 is 5.56 Å². The van der Waals surface area contributed by atoms with Crippen molar-refractivity contribution in [3.8, 4) is 5.69 Å². The van der Waals surface area contributed by atoms with Crippen LogP contribution in [0, 0.1) is 6.92 Å². The molecule has 0 aliphatic rings. The Balaban J connectivity index is 1.61. The first kappa shape index (κ1) is 21.1. The maximum absolute atomic E-state index is 13.4. The minimum absolute atomic E-state index is 0.200. The Labute approximate surface area is 197 Å². The number of carbonyl (C=O) groups excluding carboxylic acids is 1. The topological polar surface area (TPSA) is 76.9 Å². The largest absolute Gasteiger partial charge is 0.317 e. The fourth-order valence-corrected chi connectivity index (χ4v) is 5.38. The van der Waals surface area contributed by atoms with Crippen LogP contribution >= 0.6 is 23.1 Å². The molecule has 0 atom stereocenters. The number of hydrogen-bond acceptors (Lipinski definition) is 6. The molecule has 2 aromatic heterocycles. The molecule has 0 unspecified atom stereocenters. The van der Waals surface area contributed by atoms with Crippen LogP contribution in [0.4, 0.5) is 5.69 Å². The predicted molar refractivity (Wildman–Crippen MR) is 133 cm³/mol. The summed E-state index contributed by atoms with van der Waals surface area (Å²) >= 11 is 2.94. The highest BCUT2D eigenvalue weighted by Crippen LogP contribution is 2.36. The van der Waals surface area contributed by atoms with Crippen molar-refractivity contribution in [1.29, 1.82) is 0 Å². The zero-order chi connectivity index (χ0) is 22.8. The van der Waals surface area contributed by atoms with E-state index in [1.807, 2.05) is 48.5 Å². The number of aromatic nitrogens is 3. The van der Waals surface area contributed by atoms with E-state index in [1.165, 1.54) is 16.4 Å². The molecule has 0 saturated heterocycles. The van der Waals surface area contributed by atoms with E-state index in [9.17, 15) is 9.59 Å². The summed E-state index contributed by atoms with van der Waals surface area (Å²) in [5, 5.41) is 8.04. The summed E-state index contributed by atoms with van der Waals surface area (Å²) in [6.45, 7) is 1.79. The van der Waals surface area contributed by atoms with Crippen LogP contribution in [-0.4, -0.2) is 20.7 Å². The summed E-state index contributed by atoms with van der Waals surface area (Å²) < 4.78 is 3.21. The molecule has 1 amide bonds. The fraction of sp³-hybridized carbons (Fsp3) is 0.0400. The van der Waals surface area contributed by atoms with Crippen LogP contribution in [0.3, 0.4) is 0 Å². The van der Waals surface area contributed by atoms with E-state index in [0.717, 1.165) is 14.6 Å². The summed E-state index contributed by atoms with van der Waals surface area (Å²) in [4.78, 5) is 30.9. The molecule has 2 heterocycles. The van der Waals surface area contributed by atoms with Crippen LogP contribution in [0.2, 0.25) is 0 Å². The van der Waals surface area contributed by atoms with Gasteiger partial charge in [-0.05, 0) is 55.1 Å². The Kier molecular flexibility index (Phi) is 5.77. The van der Waals surface area contributed by atoms with Crippen LogP contribution in [0.1, 0.15) is 15.9 Å². The lowest BCUT2D eigenvalue weighted by atomic mass is 10.2. The molecule has 0 bridgehead atoms. The van der Waals surface area contributed by atoms with Crippen molar-refractivity contribution in [2.24, 2.45) is 0 Å². The van der Waals surface area contributed by atoms with E-state index in [-0.39, 0.29) is 11.6 Å². The van der Waals surface area contributed by atoms with Gasteiger partial charge in [-0.25, -0.2) is 4.98 Å². The van der Waals surface area contributed by atoms with Crippen molar-refractivity contribution in [2.75, 3.05) is 5.32 Å². The number of benzene rings is 3. The van der Waals surface area contributed by atoms with Crippen molar-refractivity contribution in [2.45, 2.75) is 16.3 Å². The summed E-state index contributed by atoms with van der Waals surface area (Å²) in [6.07, 6.45) is 0. The zero-order valence-corrected chi connectivity index (χ0v) is 19.2. The molecular formula is C25H18N4O2S2. The van der Waals surface area contributed by atoms with Crippen molar-refractivity contribution in [3.63, 3.8) is 0 Å². The van der Waals surface area contributed by atoms with Crippen molar-refractivity contribution in [3.05, 3.63) is 106 Å². The maximum atomic E-state index is 13.4. The van der Waals surface area contributed by atoms with Crippen LogP contribution in [0.15, 0.2) is 99.1 Å². The van der Waals surface area contributed by atoms with Crippen LogP contribution in [0.5, 0.6) is 0 Å². The maximum Gasteiger partial charge on any atom is 0.295 e. The molecule has 1 N–H and O–H groups in total. The van der Waals surface area contributed by atoms with Gasteiger partial charge in [0.05, 0.1) is 15.9 Å². The number of carbonyl (C=O) groups is 1.